The summed E-state index contributed by atoms with van der Waals surface area (Å²) in [5.74, 6) is -1.09. The van der Waals surface area contributed by atoms with E-state index in [9.17, 15) is 4.79 Å². The first kappa shape index (κ1) is 12.6. The highest BCUT2D eigenvalue weighted by atomic mass is 32.1. The number of carboxylic acids is 1. The highest BCUT2D eigenvalue weighted by molar-refractivity contribution is 7.80. The molecule has 0 amide bonds. The summed E-state index contributed by atoms with van der Waals surface area (Å²) >= 11 is 5.04. The van der Waals surface area contributed by atoms with Crippen LogP contribution >= 0.6 is 12.2 Å². The van der Waals surface area contributed by atoms with E-state index in [0.717, 1.165) is 5.56 Å². The van der Waals surface area contributed by atoms with Gasteiger partial charge in [-0.05, 0) is 5.56 Å². The van der Waals surface area contributed by atoms with Crippen LogP contribution in [-0.2, 0) is 16.0 Å². The molecule has 0 saturated heterocycles. The van der Waals surface area contributed by atoms with Gasteiger partial charge < -0.3 is 15.2 Å². The van der Waals surface area contributed by atoms with E-state index < -0.39 is 12.2 Å². The minimum atomic E-state index is -1.09. The molecular weight excluding hydrogens is 226 g/mol. The Bertz CT molecular complexity index is 367. The summed E-state index contributed by atoms with van der Waals surface area (Å²) in [7, 11) is 1.32. The van der Waals surface area contributed by atoms with Crippen molar-refractivity contribution in [3.05, 3.63) is 35.9 Å². The van der Waals surface area contributed by atoms with Gasteiger partial charge in [0.25, 0.3) is 0 Å². The third-order valence-electron chi connectivity index (χ3n) is 1.96. The van der Waals surface area contributed by atoms with Gasteiger partial charge in [-0.25, -0.2) is 4.79 Å². The second-order valence-corrected chi connectivity index (χ2v) is 3.68. The SMILES string of the molecule is COC(NC(=S)Cc1ccccc1)C(=O)O. The summed E-state index contributed by atoms with van der Waals surface area (Å²) in [6, 6.07) is 9.58. The predicted molar refractivity (Wildman–Crippen MR) is 64.3 cm³/mol. The lowest BCUT2D eigenvalue weighted by atomic mass is 10.1. The van der Waals surface area contributed by atoms with Gasteiger partial charge in [0.15, 0.2) is 0 Å². The van der Waals surface area contributed by atoms with Crippen LogP contribution in [0.25, 0.3) is 0 Å². The maximum absolute atomic E-state index is 10.7. The summed E-state index contributed by atoms with van der Waals surface area (Å²) in [6.07, 6.45) is -0.584. The Labute approximate surface area is 99.2 Å². The Hall–Kier alpha value is -1.46. The number of benzene rings is 1. The normalized spacial score (nSPS) is 11.8. The highest BCUT2D eigenvalue weighted by Crippen LogP contribution is 2.00. The van der Waals surface area contributed by atoms with Crippen molar-refractivity contribution in [1.82, 2.24) is 5.32 Å². The molecule has 0 aliphatic rings. The van der Waals surface area contributed by atoms with E-state index in [1.807, 2.05) is 30.3 Å². The van der Waals surface area contributed by atoms with E-state index in [1.165, 1.54) is 7.11 Å². The topological polar surface area (TPSA) is 58.6 Å². The van der Waals surface area contributed by atoms with Crippen LogP contribution in [0.1, 0.15) is 5.56 Å². The Morgan fingerprint density at radius 3 is 2.62 bits per heavy atom. The largest absolute Gasteiger partial charge is 0.478 e. The van der Waals surface area contributed by atoms with Crippen molar-refractivity contribution in [1.29, 1.82) is 0 Å². The summed E-state index contributed by atoms with van der Waals surface area (Å²) in [6.45, 7) is 0. The van der Waals surface area contributed by atoms with Gasteiger partial charge in [0.2, 0.25) is 6.23 Å². The molecule has 16 heavy (non-hydrogen) atoms. The number of hydrogen-bond acceptors (Lipinski definition) is 3. The van der Waals surface area contributed by atoms with Crippen LogP contribution in [-0.4, -0.2) is 29.4 Å². The molecule has 2 N–H and O–H groups in total. The molecule has 0 saturated carbocycles. The molecule has 0 aliphatic heterocycles. The minimum absolute atomic E-state index is 0.445. The summed E-state index contributed by atoms with van der Waals surface area (Å²) in [5.41, 5.74) is 1.03. The van der Waals surface area contributed by atoms with E-state index >= 15 is 0 Å². The van der Waals surface area contributed by atoms with Gasteiger partial charge in [0.1, 0.15) is 0 Å². The number of aliphatic carboxylic acids is 1. The average molecular weight is 239 g/mol. The van der Waals surface area contributed by atoms with E-state index in [0.29, 0.717) is 11.4 Å². The van der Waals surface area contributed by atoms with Crippen LogP contribution in [0.5, 0.6) is 0 Å². The highest BCUT2D eigenvalue weighted by Gasteiger charge is 2.16. The lowest BCUT2D eigenvalue weighted by molar-refractivity contribution is -0.149. The molecule has 0 radical (unpaired) electrons. The van der Waals surface area contributed by atoms with Crippen LogP contribution in [0.15, 0.2) is 30.3 Å². The quantitative estimate of drug-likeness (QED) is 0.597. The first-order chi connectivity index (χ1) is 7.63. The zero-order valence-corrected chi connectivity index (χ0v) is 9.66. The Morgan fingerprint density at radius 1 is 1.50 bits per heavy atom. The van der Waals surface area contributed by atoms with E-state index in [1.54, 1.807) is 0 Å². The van der Waals surface area contributed by atoms with Crippen LogP contribution in [0, 0.1) is 0 Å². The van der Waals surface area contributed by atoms with Crippen LogP contribution < -0.4 is 5.32 Å². The van der Waals surface area contributed by atoms with Crippen molar-refractivity contribution in [2.24, 2.45) is 0 Å². The molecule has 86 valence electrons. The minimum Gasteiger partial charge on any atom is -0.478 e. The number of rotatable bonds is 5. The number of thiocarbonyl (C=S) groups is 1. The van der Waals surface area contributed by atoms with Crippen molar-refractivity contribution in [3.63, 3.8) is 0 Å². The molecule has 1 aromatic carbocycles. The number of carboxylic acid groups (broad SMARTS) is 1. The second kappa shape index (κ2) is 6.19. The van der Waals surface area contributed by atoms with E-state index in [2.05, 4.69) is 5.32 Å². The van der Waals surface area contributed by atoms with Crippen LogP contribution in [0.2, 0.25) is 0 Å². The summed E-state index contributed by atoms with van der Waals surface area (Å²) in [4.78, 5) is 11.1. The molecule has 1 aromatic rings. The molecular formula is C11H13NO3S. The van der Waals surface area contributed by atoms with Crippen LogP contribution in [0.3, 0.4) is 0 Å². The van der Waals surface area contributed by atoms with Crippen molar-refractivity contribution in [2.45, 2.75) is 12.6 Å². The van der Waals surface area contributed by atoms with E-state index in [-0.39, 0.29) is 0 Å². The zero-order valence-electron chi connectivity index (χ0n) is 8.84. The molecule has 0 heterocycles. The third kappa shape index (κ3) is 3.96. The van der Waals surface area contributed by atoms with Crippen molar-refractivity contribution >= 4 is 23.2 Å². The molecule has 0 aliphatic carbocycles. The molecule has 5 heteroatoms. The van der Waals surface area contributed by atoms with Crippen molar-refractivity contribution < 1.29 is 14.6 Å². The fraction of sp³-hybridized carbons (Fsp3) is 0.273. The molecule has 0 spiro atoms. The first-order valence-electron chi connectivity index (χ1n) is 4.72. The van der Waals surface area contributed by atoms with Gasteiger partial charge in [0.05, 0.1) is 4.99 Å². The fourth-order valence-corrected chi connectivity index (χ4v) is 1.47. The Balaban J connectivity index is 2.50. The Kier molecular flexibility index (Phi) is 4.88. The van der Waals surface area contributed by atoms with Crippen molar-refractivity contribution in [2.75, 3.05) is 7.11 Å². The maximum Gasteiger partial charge on any atom is 0.353 e. The smallest absolute Gasteiger partial charge is 0.353 e. The lowest BCUT2D eigenvalue weighted by Gasteiger charge is -2.14. The third-order valence-corrected chi connectivity index (χ3v) is 2.22. The first-order valence-corrected chi connectivity index (χ1v) is 5.13. The van der Waals surface area contributed by atoms with Gasteiger partial charge in [-0.3, -0.25) is 0 Å². The molecule has 4 nitrogen and oxygen atoms in total. The molecule has 1 unspecified atom stereocenters. The number of hydrogen-bond donors (Lipinski definition) is 2. The molecule has 0 bridgehead atoms. The lowest BCUT2D eigenvalue weighted by Crippen LogP contribution is -2.41. The second-order valence-electron chi connectivity index (χ2n) is 3.18. The standard InChI is InChI=1S/C11H13NO3S/c1-15-10(11(13)14)12-9(16)7-8-5-3-2-4-6-8/h2-6,10H,7H2,1H3,(H,12,16)(H,13,14). The average Bonchev–Trinajstić information content (AvgIpc) is 2.27. The summed E-state index contributed by atoms with van der Waals surface area (Å²) < 4.78 is 4.72. The molecule has 1 rings (SSSR count). The number of ether oxygens (including phenoxy) is 1. The number of carbonyl (C=O) groups is 1. The molecule has 0 fully saturated rings. The molecule has 1 atom stereocenters. The number of nitrogens with one attached hydrogen (secondary N) is 1. The van der Waals surface area contributed by atoms with Gasteiger partial charge >= 0.3 is 5.97 Å². The van der Waals surface area contributed by atoms with Gasteiger partial charge in [-0.15, -0.1) is 0 Å². The number of methoxy groups -OCH3 is 1. The predicted octanol–water partition coefficient (Wildman–Crippen LogP) is 1.20. The van der Waals surface area contributed by atoms with Gasteiger partial charge in [-0.2, -0.15) is 0 Å². The summed E-state index contributed by atoms with van der Waals surface area (Å²) in [5, 5.41) is 11.4. The fourth-order valence-electron chi connectivity index (χ4n) is 1.20. The van der Waals surface area contributed by atoms with Crippen LogP contribution in [0.4, 0.5) is 0 Å². The monoisotopic (exact) mass is 239 g/mol. The van der Waals surface area contributed by atoms with Crippen molar-refractivity contribution in [3.8, 4) is 0 Å². The van der Waals surface area contributed by atoms with Gasteiger partial charge in [-0.1, -0.05) is 42.5 Å². The van der Waals surface area contributed by atoms with Gasteiger partial charge in [0, 0.05) is 13.5 Å². The maximum atomic E-state index is 10.7. The zero-order chi connectivity index (χ0) is 12.0. The Morgan fingerprint density at radius 2 is 2.12 bits per heavy atom. The van der Waals surface area contributed by atoms with E-state index in [4.69, 9.17) is 22.1 Å². The molecule has 0 aromatic heterocycles.